The van der Waals surface area contributed by atoms with Crippen LogP contribution in [-0.2, 0) is 15.6 Å². The van der Waals surface area contributed by atoms with Crippen molar-refractivity contribution in [1.29, 1.82) is 5.41 Å². The summed E-state index contributed by atoms with van der Waals surface area (Å²) in [5.41, 5.74) is 7.16. The van der Waals surface area contributed by atoms with Crippen molar-refractivity contribution in [2.24, 2.45) is 5.73 Å². The predicted molar refractivity (Wildman–Crippen MR) is 73.3 cm³/mol. The van der Waals surface area contributed by atoms with Crippen molar-refractivity contribution in [1.82, 2.24) is 0 Å². The fraction of sp³-hybridized carbons (Fsp3) is 0.364. The number of amidine groups is 1. The first-order valence-electron chi connectivity index (χ1n) is 5.08. The highest BCUT2D eigenvalue weighted by atomic mass is 32.2. The number of nitrogens with one attached hydrogen (secondary N) is 1. The van der Waals surface area contributed by atoms with Crippen LogP contribution >= 0.6 is 11.8 Å². The fourth-order valence-electron chi connectivity index (χ4n) is 1.30. The smallest absolute Gasteiger partial charge is 0.148 e. The third kappa shape index (κ3) is 5.23. The van der Waals surface area contributed by atoms with E-state index in [-0.39, 0.29) is 11.6 Å². The number of rotatable bonds is 6. The van der Waals surface area contributed by atoms with Crippen molar-refractivity contribution in [3.05, 3.63) is 35.4 Å². The number of nitrogens with two attached hydrogens (primary N) is 1. The highest BCUT2D eigenvalue weighted by Crippen LogP contribution is 2.16. The molecule has 17 heavy (non-hydrogen) atoms. The minimum absolute atomic E-state index is 0.0457. The highest BCUT2D eigenvalue weighted by Gasteiger charge is 2.06. The average molecular weight is 272 g/mol. The Balaban J connectivity index is 2.55. The molecule has 0 spiro atoms. The van der Waals surface area contributed by atoms with Crippen LogP contribution in [0.1, 0.15) is 11.1 Å². The van der Waals surface area contributed by atoms with Crippen LogP contribution in [0.3, 0.4) is 0 Å². The molecule has 0 heterocycles. The van der Waals surface area contributed by atoms with Crippen LogP contribution in [0.5, 0.6) is 0 Å². The van der Waals surface area contributed by atoms with E-state index in [1.165, 1.54) is 18.0 Å². The maximum atomic E-state index is 11.0. The summed E-state index contributed by atoms with van der Waals surface area (Å²) in [4.78, 5) is 0. The molecular weight excluding hydrogens is 256 g/mol. The molecule has 0 radical (unpaired) electrons. The standard InChI is InChI=1S/C11H16N2O2S2/c1-17(14,15)7-6-16-8-9-4-2-3-5-10(9)11(12)13/h2-5H,6-8H2,1H3,(H3,12,13). The minimum Gasteiger partial charge on any atom is -0.384 e. The molecule has 1 aromatic rings. The first kappa shape index (κ1) is 14.1. The van der Waals surface area contributed by atoms with E-state index >= 15 is 0 Å². The summed E-state index contributed by atoms with van der Waals surface area (Å²) in [6.45, 7) is 0. The summed E-state index contributed by atoms with van der Waals surface area (Å²) >= 11 is 1.53. The zero-order chi connectivity index (χ0) is 12.9. The molecule has 1 rings (SSSR count). The van der Waals surface area contributed by atoms with Gasteiger partial charge in [-0.2, -0.15) is 11.8 Å². The molecule has 0 aliphatic rings. The molecule has 0 saturated carbocycles. The second kappa shape index (κ2) is 6.07. The van der Waals surface area contributed by atoms with Crippen molar-refractivity contribution < 1.29 is 8.42 Å². The van der Waals surface area contributed by atoms with Crippen LogP contribution < -0.4 is 5.73 Å². The normalized spacial score (nSPS) is 11.4. The van der Waals surface area contributed by atoms with Crippen LogP contribution in [0.2, 0.25) is 0 Å². The first-order valence-corrected chi connectivity index (χ1v) is 8.29. The second-order valence-corrected chi connectivity index (χ2v) is 7.12. The molecule has 0 bridgehead atoms. The van der Waals surface area contributed by atoms with E-state index in [1.54, 1.807) is 6.07 Å². The Morgan fingerprint density at radius 3 is 2.65 bits per heavy atom. The van der Waals surface area contributed by atoms with E-state index in [1.807, 2.05) is 18.2 Å². The van der Waals surface area contributed by atoms with Crippen molar-refractivity contribution in [2.75, 3.05) is 17.8 Å². The summed E-state index contributed by atoms with van der Waals surface area (Å²) in [6, 6.07) is 7.43. The van der Waals surface area contributed by atoms with E-state index in [0.717, 1.165) is 11.1 Å². The van der Waals surface area contributed by atoms with Crippen LogP contribution in [0.25, 0.3) is 0 Å². The Labute approximate surface area is 106 Å². The largest absolute Gasteiger partial charge is 0.384 e. The third-order valence-corrected chi connectivity index (χ3v) is 4.38. The monoisotopic (exact) mass is 272 g/mol. The van der Waals surface area contributed by atoms with Crippen LogP contribution in [0.15, 0.2) is 24.3 Å². The molecular formula is C11H16N2O2S2. The molecule has 0 amide bonds. The van der Waals surface area contributed by atoms with Crippen LogP contribution in [-0.4, -0.2) is 32.0 Å². The van der Waals surface area contributed by atoms with E-state index in [0.29, 0.717) is 11.5 Å². The quantitative estimate of drug-likeness (QED) is 0.464. The topological polar surface area (TPSA) is 84.0 Å². The number of nitrogen functional groups attached to an aromatic ring is 1. The molecule has 0 fully saturated rings. The predicted octanol–water partition coefficient (Wildman–Crippen LogP) is 1.25. The summed E-state index contributed by atoms with van der Waals surface area (Å²) in [7, 11) is -2.89. The van der Waals surface area contributed by atoms with Crippen LogP contribution in [0, 0.1) is 5.41 Å². The van der Waals surface area contributed by atoms with E-state index in [9.17, 15) is 8.42 Å². The molecule has 0 unspecified atom stereocenters. The molecule has 0 aliphatic heterocycles. The first-order chi connectivity index (χ1) is 7.90. The van der Waals surface area contributed by atoms with Gasteiger partial charge in [0.15, 0.2) is 0 Å². The second-order valence-electron chi connectivity index (χ2n) is 3.75. The Kier molecular flexibility index (Phi) is 5.02. The molecule has 4 nitrogen and oxygen atoms in total. The summed E-state index contributed by atoms with van der Waals surface area (Å²) in [5.74, 6) is 1.46. The lowest BCUT2D eigenvalue weighted by Gasteiger charge is -2.07. The molecule has 0 aromatic heterocycles. The van der Waals surface area contributed by atoms with Gasteiger partial charge in [-0.05, 0) is 5.56 Å². The minimum atomic E-state index is -2.89. The Hall–Kier alpha value is -1.01. The molecule has 0 saturated heterocycles. The van der Waals surface area contributed by atoms with Gasteiger partial charge in [0.25, 0.3) is 0 Å². The summed E-state index contributed by atoms with van der Waals surface area (Å²) < 4.78 is 21.9. The number of hydrogen-bond acceptors (Lipinski definition) is 4. The number of hydrogen-bond donors (Lipinski definition) is 2. The lowest BCUT2D eigenvalue weighted by Crippen LogP contribution is -2.13. The van der Waals surface area contributed by atoms with Gasteiger partial charge in [-0.25, -0.2) is 8.42 Å². The molecule has 0 aliphatic carbocycles. The van der Waals surface area contributed by atoms with Gasteiger partial charge in [0, 0.05) is 23.3 Å². The van der Waals surface area contributed by atoms with Crippen molar-refractivity contribution in [3.63, 3.8) is 0 Å². The Bertz CT molecular complexity index is 498. The lowest BCUT2D eigenvalue weighted by molar-refractivity contribution is 0.603. The maximum Gasteiger partial charge on any atom is 0.148 e. The molecule has 1 aromatic carbocycles. The lowest BCUT2D eigenvalue weighted by atomic mass is 10.1. The maximum absolute atomic E-state index is 11.0. The summed E-state index contributed by atoms with van der Waals surface area (Å²) in [6.07, 6.45) is 1.23. The molecule has 0 atom stereocenters. The number of benzene rings is 1. The van der Waals surface area contributed by atoms with Gasteiger partial charge >= 0.3 is 0 Å². The van der Waals surface area contributed by atoms with E-state index in [2.05, 4.69) is 0 Å². The molecule has 6 heteroatoms. The van der Waals surface area contributed by atoms with Crippen LogP contribution in [0.4, 0.5) is 0 Å². The highest BCUT2D eigenvalue weighted by molar-refractivity contribution is 7.99. The number of sulfone groups is 1. The van der Waals surface area contributed by atoms with Gasteiger partial charge < -0.3 is 5.73 Å². The molecule has 3 N–H and O–H groups in total. The van der Waals surface area contributed by atoms with Gasteiger partial charge in [0.05, 0.1) is 5.75 Å². The van der Waals surface area contributed by atoms with Gasteiger partial charge in [0.1, 0.15) is 15.7 Å². The number of thioether (sulfide) groups is 1. The Morgan fingerprint density at radius 1 is 1.41 bits per heavy atom. The SMILES string of the molecule is CS(=O)(=O)CCSCc1ccccc1C(=N)N. The zero-order valence-electron chi connectivity index (χ0n) is 9.64. The van der Waals surface area contributed by atoms with Crippen molar-refractivity contribution in [2.45, 2.75) is 5.75 Å². The molecule has 94 valence electrons. The van der Waals surface area contributed by atoms with Crippen molar-refractivity contribution in [3.8, 4) is 0 Å². The van der Waals surface area contributed by atoms with E-state index < -0.39 is 9.84 Å². The van der Waals surface area contributed by atoms with Gasteiger partial charge in [-0.3, -0.25) is 5.41 Å². The Morgan fingerprint density at radius 2 is 2.06 bits per heavy atom. The van der Waals surface area contributed by atoms with Gasteiger partial charge in [-0.15, -0.1) is 0 Å². The van der Waals surface area contributed by atoms with Crippen molar-refractivity contribution >= 4 is 27.4 Å². The van der Waals surface area contributed by atoms with E-state index in [4.69, 9.17) is 11.1 Å². The van der Waals surface area contributed by atoms with Gasteiger partial charge in [-0.1, -0.05) is 24.3 Å². The fourth-order valence-corrected chi connectivity index (χ4v) is 3.60. The van der Waals surface area contributed by atoms with Gasteiger partial charge in [0.2, 0.25) is 0 Å². The zero-order valence-corrected chi connectivity index (χ0v) is 11.3. The third-order valence-electron chi connectivity index (χ3n) is 2.16. The summed E-state index contributed by atoms with van der Waals surface area (Å²) in [5, 5.41) is 7.43. The average Bonchev–Trinajstić information content (AvgIpc) is 2.23.